The molecule has 6 heteroatoms. The van der Waals surface area contributed by atoms with Gasteiger partial charge in [-0.2, -0.15) is 0 Å². The molecule has 2 amide bonds. The Morgan fingerprint density at radius 1 is 1.12 bits per heavy atom. The number of anilines is 2. The maximum absolute atomic E-state index is 12.4. The predicted octanol–water partition coefficient (Wildman–Crippen LogP) is 3.50. The molecule has 2 aromatic carbocycles. The van der Waals surface area contributed by atoms with E-state index in [0.717, 1.165) is 23.2 Å². The van der Waals surface area contributed by atoms with Crippen LogP contribution in [0.3, 0.4) is 0 Å². The van der Waals surface area contributed by atoms with Crippen molar-refractivity contribution in [3.8, 4) is 11.3 Å². The Labute approximate surface area is 150 Å². The lowest BCUT2D eigenvalue weighted by atomic mass is 10.1. The highest BCUT2D eigenvalue weighted by atomic mass is 16.5. The molecule has 0 fully saturated rings. The molecule has 1 N–H and O–H groups in total. The zero-order chi connectivity index (χ0) is 18.1. The molecule has 0 aliphatic carbocycles. The molecule has 0 atom stereocenters. The first-order valence-electron chi connectivity index (χ1n) is 8.36. The molecule has 0 bridgehead atoms. The van der Waals surface area contributed by atoms with Gasteiger partial charge in [-0.05, 0) is 30.2 Å². The van der Waals surface area contributed by atoms with Gasteiger partial charge in [-0.25, -0.2) is 0 Å². The topological polar surface area (TPSA) is 75.4 Å². The van der Waals surface area contributed by atoms with Crippen molar-refractivity contribution in [1.82, 2.24) is 5.16 Å². The van der Waals surface area contributed by atoms with Crippen LogP contribution in [-0.2, 0) is 11.2 Å². The number of hydrogen-bond acceptors (Lipinski definition) is 4. The Morgan fingerprint density at radius 3 is 2.69 bits per heavy atom. The van der Waals surface area contributed by atoms with Gasteiger partial charge < -0.3 is 14.7 Å². The molecule has 4 rings (SSSR count). The van der Waals surface area contributed by atoms with Gasteiger partial charge in [0.25, 0.3) is 5.91 Å². The van der Waals surface area contributed by atoms with Gasteiger partial charge in [0.15, 0.2) is 11.5 Å². The van der Waals surface area contributed by atoms with E-state index in [2.05, 4.69) is 10.5 Å². The van der Waals surface area contributed by atoms with Crippen molar-refractivity contribution in [2.24, 2.45) is 0 Å². The Balaban J connectivity index is 1.51. The second-order valence-corrected chi connectivity index (χ2v) is 6.16. The minimum Gasteiger partial charge on any atom is -0.355 e. The number of aromatic nitrogens is 1. The number of carbonyl (C=O) groups excluding carboxylic acids is 2. The maximum atomic E-state index is 12.4. The molecule has 2 heterocycles. The van der Waals surface area contributed by atoms with Crippen LogP contribution in [0.4, 0.5) is 11.4 Å². The maximum Gasteiger partial charge on any atom is 0.277 e. The average molecular weight is 347 g/mol. The SMILES string of the molecule is CC(=O)N1CCc2cc(NC(=O)c3cc(-c4ccccc4)on3)ccc21. The van der Waals surface area contributed by atoms with Crippen molar-refractivity contribution in [2.75, 3.05) is 16.8 Å². The molecule has 1 aliphatic rings. The van der Waals surface area contributed by atoms with Crippen LogP contribution in [0.15, 0.2) is 59.1 Å². The van der Waals surface area contributed by atoms with Gasteiger partial charge in [-0.1, -0.05) is 35.5 Å². The molecule has 0 unspecified atom stereocenters. The van der Waals surface area contributed by atoms with Gasteiger partial charge in [-0.3, -0.25) is 9.59 Å². The van der Waals surface area contributed by atoms with Crippen molar-refractivity contribution in [3.05, 3.63) is 65.9 Å². The number of fused-ring (bicyclic) bond motifs is 1. The predicted molar refractivity (Wildman–Crippen MR) is 98.1 cm³/mol. The van der Waals surface area contributed by atoms with Crippen LogP contribution >= 0.6 is 0 Å². The molecule has 130 valence electrons. The van der Waals surface area contributed by atoms with Crippen LogP contribution < -0.4 is 10.2 Å². The molecular formula is C20H17N3O3. The summed E-state index contributed by atoms with van der Waals surface area (Å²) >= 11 is 0. The molecule has 1 aliphatic heterocycles. The summed E-state index contributed by atoms with van der Waals surface area (Å²) in [6.45, 7) is 2.23. The molecule has 0 radical (unpaired) electrons. The first-order chi connectivity index (χ1) is 12.6. The molecule has 0 spiro atoms. The highest BCUT2D eigenvalue weighted by Crippen LogP contribution is 2.30. The van der Waals surface area contributed by atoms with Crippen LogP contribution in [0, 0.1) is 0 Å². The largest absolute Gasteiger partial charge is 0.355 e. The van der Waals surface area contributed by atoms with E-state index in [-0.39, 0.29) is 17.5 Å². The minimum atomic E-state index is -0.336. The summed E-state index contributed by atoms with van der Waals surface area (Å²) in [4.78, 5) is 25.8. The molecule has 0 saturated heterocycles. The van der Waals surface area contributed by atoms with Crippen molar-refractivity contribution >= 4 is 23.2 Å². The second kappa shape index (κ2) is 6.48. The number of nitrogens with zero attached hydrogens (tertiary/aromatic N) is 2. The summed E-state index contributed by atoms with van der Waals surface area (Å²) in [5.41, 5.74) is 3.70. The van der Waals surface area contributed by atoms with Crippen molar-refractivity contribution in [3.63, 3.8) is 0 Å². The summed E-state index contributed by atoms with van der Waals surface area (Å²) in [6.07, 6.45) is 0.779. The third-order valence-corrected chi connectivity index (χ3v) is 4.41. The molecule has 1 aromatic heterocycles. The Kier molecular flexibility index (Phi) is 4.01. The average Bonchev–Trinajstić information content (AvgIpc) is 3.29. The van der Waals surface area contributed by atoms with Crippen molar-refractivity contribution in [1.29, 1.82) is 0 Å². The minimum absolute atomic E-state index is 0.0246. The zero-order valence-electron chi connectivity index (χ0n) is 14.2. The monoisotopic (exact) mass is 347 g/mol. The van der Waals surface area contributed by atoms with E-state index in [1.165, 1.54) is 0 Å². The number of benzene rings is 2. The normalized spacial score (nSPS) is 12.7. The molecule has 0 saturated carbocycles. The third-order valence-electron chi connectivity index (χ3n) is 4.41. The van der Waals surface area contributed by atoms with E-state index in [0.29, 0.717) is 18.0 Å². The standard InChI is InChI=1S/C20H17N3O3/c1-13(24)23-10-9-15-11-16(7-8-18(15)23)21-20(25)17-12-19(26-22-17)14-5-3-2-4-6-14/h2-8,11-12H,9-10H2,1H3,(H,21,25). The molecule has 26 heavy (non-hydrogen) atoms. The van der Waals surface area contributed by atoms with E-state index in [4.69, 9.17) is 4.52 Å². The Morgan fingerprint density at radius 2 is 1.92 bits per heavy atom. The van der Waals surface area contributed by atoms with Crippen LogP contribution in [0.5, 0.6) is 0 Å². The van der Waals surface area contributed by atoms with Gasteiger partial charge in [0, 0.05) is 36.5 Å². The van der Waals surface area contributed by atoms with E-state index >= 15 is 0 Å². The lowest BCUT2D eigenvalue weighted by molar-refractivity contribution is -0.116. The highest BCUT2D eigenvalue weighted by Gasteiger charge is 2.22. The molecular weight excluding hydrogens is 330 g/mol. The van der Waals surface area contributed by atoms with Crippen LogP contribution in [0.25, 0.3) is 11.3 Å². The summed E-state index contributed by atoms with van der Waals surface area (Å²) < 4.78 is 5.27. The van der Waals surface area contributed by atoms with E-state index in [1.807, 2.05) is 42.5 Å². The van der Waals surface area contributed by atoms with Gasteiger partial charge in [0.2, 0.25) is 5.91 Å². The van der Waals surface area contributed by atoms with Crippen molar-refractivity contribution in [2.45, 2.75) is 13.3 Å². The van der Waals surface area contributed by atoms with Crippen LogP contribution in [-0.4, -0.2) is 23.5 Å². The van der Waals surface area contributed by atoms with Gasteiger partial charge >= 0.3 is 0 Å². The first-order valence-corrected chi connectivity index (χ1v) is 8.36. The fraction of sp³-hybridized carbons (Fsp3) is 0.150. The smallest absolute Gasteiger partial charge is 0.277 e. The quantitative estimate of drug-likeness (QED) is 0.787. The van der Waals surface area contributed by atoms with Crippen molar-refractivity contribution < 1.29 is 14.1 Å². The lowest BCUT2D eigenvalue weighted by Gasteiger charge is -2.14. The van der Waals surface area contributed by atoms with Crippen LogP contribution in [0.1, 0.15) is 23.0 Å². The zero-order valence-corrected chi connectivity index (χ0v) is 14.2. The fourth-order valence-corrected chi connectivity index (χ4v) is 3.12. The molecule has 6 nitrogen and oxygen atoms in total. The third kappa shape index (κ3) is 2.97. The summed E-state index contributed by atoms with van der Waals surface area (Å²) in [5.74, 6) is 0.232. The summed E-state index contributed by atoms with van der Waals surface area (Å²) in [7, 11) is 0. The van der Waals surface area contributed by atoms with Gasteiger partial charge in [-0.15, -0.1) is 0 Å². The Bertz CT molecular complexity index is 979. The number of hydrogen-bond donors (Lipinski definition) is 1. The summed E-state index contributed by atoms with van der Waals surface area (Å²) in [6, 6.07) is 16.7. The van der Waals surface area contributed by atoms with Gasteiger partial charge in [0.05, 0.1) is 0 Å². The number of amides is 2. The number of nitrogens with one attached hydrogen (secondary N) is 1. The lowest BCUT2D eigenvalue weighted by Crippen LogP contribution is -2.25. The fourth-order valence-electron chi connectivity index (χ4n) is 3.12. The molecule has 3 aromatic rings. The van der Waals surface area contributed by atoms with E-state index in [9.17, 15) is 9.59 Å². The second-order valence-electron chi connectivity index (χ2n) is 6.16. The van der Waals surface area contributed by atoms with E-state index in [1.54, 1.807) is 24.0 Å². The summed E-state index contributed by atoms with van der Waals surface area (Å²) in [5, 5.41) is 6.69. The Hall–Kier alpha value is -3.41. The van der Waals surface area contributed by atoms with E-state index < -0.39 is 0 Å². The first kappa shape index (κ1) is 16.1. The number of carbonyl (C=O) groups is 2. The van der Waals surface area contributed by atoms with Crippen LogP contribution in [0.2, 0.25) is 0 Å². The number of rotatable bonds is 3. The van der Waals surface area contributed by atoms with Gasteiger partial charge in [0.1, 0.15) is 0 Å². The highest BCUT2D eigenvalue weighted by molar-refractivity contribution is 6.03.